The molecule has 0 aromatic heterocycles. The van der Waals surface area contributed by atoms with Gasteiger partial charge >= 0.3 is 0 Å². The number of rotatable bonds is 10. The highest BCUT2D eigenvalue weighted by Crippen LogP contribution is 2.28. The standard InChI is InChI=1S/C16H27ClN2O4S.ClH/c1-5-16(18,6-2)11-19-24(20,21)15-9-13(17)7-8-14(15)23-12(3)10-22-4;/h7-9,12,19H,5-6,10-11,18H2,1-4H3;1H. The first-order valence-electron chi connectivity index (χ1n) is 7.91. The number of nitrogens with two attached hydrogens (primary N) is 1. The average Bonchev–Trinajstić information content (AvgIpc) is 2.54. The van der Waals surface area contributed by atoms with Gasteiger partial charge in [0.25, 0.3) is 0 Å². The highest BCUT2D eigenvalue weighted by atomic mass is 35.5. The molecule has 0 fully saturated rings. The topological polar surface area (TPSA) is 90.7 Å². The molecule has 25 heavy (non-hydrogen) atoms. The first kappa shape index (κ1) is 24.4. The van der Waals surface area contributed by atoms with E-state index in [1.54, 1.807) is 26.2 Å². The van der Waals surface area contributed by atoms with E-state index in [1.807, 2.05) is 13.8 Å². The normalized spacial score (nSPS) is 13.2. The maximum Gasteiger partial charge on any atom is 0.244 e. The van der Waals surface area contributed by atoms with E-state index < -0.39 is 15.6 Å². The van der Waals surface area contributed by atoms with Gasteiger partial charge in [-0.05, 0) is 38.0 Å². The van der Waals surface area contributed by atoms with Crippen molar-refractivity contribution in [1.82, 2.24) is 4.72 Å². The molecule has 1 unspecified atom stereocenters. The lowest BCUT2D eigenvalue weighted by molar-refractivity contribution is 0.0901. The average molecular weight is 415 g/mol. The molecule has 0 saturated carbocycles. The zero-order valence-electron chi connectivity index (χ0n) is 15.0. The Hall–Kier alpha value is -0.570. The number of hydrogen-bond acceptors (Lipinski definition) is 5. The van der Waals surface area contributed by atoms with Crippen LogP contribution in [0.4, 0.5) is 0 Å². The Bertz CT molecular complexity index is 637. The monoisotopic (exact) mass is 414 g/mol. The van der Waals surface area contributed by atoms with E-state index >= 15 is 0 Å². The first-order valence-corrected chi connectivity index (χ1v) is 9.77. The second kappa shape index (κ2) is 10.5. The molecule has 146 valence electrons. The summed E-state index contributed by atoms with van der Waals surface area (Å²) in [6, 6.07) is 4.49. The van der Waals surface area contributed by atoms with Crippen molar-refractivity contribution in [3.63, 3.8) is 0 Å². The lowest BCUT2D eigenvalue weighted by Gasteiger charge is -2.27. The van der Waals surface area contributed by atoms with Crippen LogP contribution in [0, 0.1) is 0 Å². The molecule has 0 aliphatic heterocycles. The molecule has 0 bridgehead atoms. The lowest BCUT2D eigenvalue weighted by Crippen LogP contribution is -2.49. The number of ether oxygens (including phenoxy) is 2. The predicted octanol–water partition coefficient (Wildman–Crippen LogP) is 2.97. The summed E-state index contributed by atoms with van der Waals surface area (Å²) >= 11 is 5.97. The van der Waals surface area contributed by atoms with Crippen LogP contribution in [0.25, 0.3) is 0 Å². The third-order valence-electron chi connectivity index (χ3n) is 3.95. The maximum atomic E-state index is 12.7. The molecule has 0 spiro atoms. The largest absolute Gasteiger partial charge is 0.487 e. The van der Waals surface area contributed by atoms with Gasteiger partial charge in [-0.1, -0.05) is 25.4 Å². The van der Waals surface area contributed by atoms with Crippen LogP contribution in [0.1, 0.15) is 33.6 Å². The molecule has 1 aromatic rings. The molecule has 0 radical (unpaired) electrons. The van der Waals surface area contributed by atoms with Gasteiger partial charge in [-0.15, -0.1) is 12.4 Å². The van der Waals surface area contributed by atoms with Crippen LogP contribution in [0.3, 0.4) is 0 Å². The van der Waals surface area contributed by atoms with Crippen molar-refractivity contribution in [2.24, 2.45) is 5.73 Å². The molecule has 0 aliphatic rings. The minimum absolute atomic E-state index is 0. The predicted molar refractivity (Wildman–Crippen MR) is 103 cm³/mol. The summed E-state index contributed by atoms with van der Waals surface area (Å²) in [5, 5.41) is 0.312. The van der Waals surface area contributed by atoms with E-state index in [9.17, 15) is 8.42 Å². The summed E-state index contributed by atoms with van der Waals surface area (Å²) in [7, 11) is -2.25. The molecule has 0 saturated heterocycles. The highest BCUT2D eigenvalue weighted by Gasteiger charge is 2.26. The van der Waals surface area contributed by atoms with Crippen LogP contribution < -0.4 is 15.2 Å². The van der Waals surface area contributed by atoms with Crippen LogP contribution >= 0.6 is 24.0 Å². The smallest absolute Gasteiger partial charge is 0.244 e. The number of hydrogen-bond donors (Lipinski definition) is 2. The summed E-state index contributed by atoms with van der Waals surface area (Å²) < 4.78 is 38.6. The Kier molecular flexibility index (Phi) is 10.3. The summed E-state index contributed by atoms with van der Waals surface area (Å²) in [6.07, 6.45) is 1.02. The minimum Gasteiger partial charge on any atom is -0.487 e. The van der Waals surface area contributed by atoms with Gasteiger partial charge in [-0.2, -0.15) is 0 Å². The molecule has 1 aromatic carbocycles. The second-order valence-electron chi connectivity index (χ2n) is 5.87. The molecule has 0 amide bonds. The van der Waals surface area contributed by atoms with Crippen LogP contribution in [0.15, 0.2) is 23.1 Å². The van der Waals surface area contributed by atoms with Crippen molar-refractivity contribution in [2.45, 2.75) is 50.2 Å². The quantitative estimate of drug-likeness (QED) is 0.613. The fraction of sp³-hybridized carbons (Fsp3) is 0.625. The van der Waals surface area contributed by atoms with Crippen molar-refractivity contribution in [1.29, 1.82) is 0 Å². The number of halogens is 2. The van der Waals surface area contributed by atoms with Gasteiger partial charge in [0.1, 0.15) is 16.7 Å². The van der Waals surface area contributed by atoms with E-state index in [-0.39, 0.29) is 35.7 Å². The number of nitrogens with one attached hydrogen (secondary N) is 1. The summed E-state index contributed by atoms with van der Waals surface area (Å²) in [4.78, 5) is -0.00694. The highest BCUT2D eigenvalue weighted by molar-refractivity contribution is 7.89. The summed E-state index contributed by atoms with van der Waals surface area (Å²) in [5.41, 5.74) is 5.58. The molecular formula is C16H28Cl2N2O4S. The molecular weight excluding hydrogens is 387 g/mol. The van der Waals surface area contributed by atoms with Gasteiger partial charge in [-0.3, -0.25) is 0 Å². The lowest BCUT2D eigenvalue weighted by atomic mass is 9.95. The van der Waals surface area contributed by atoms with Crippen molar-refractivity contribution in [3.05, 3.63) is 23.2 Å². The van der Waals surface area contributed by atoms with Gasteiger partial charge in [-0.25, -0.2) is 13.1 Å². The Balaban J connectivity index is 0.00000576. The van der Waals surface area contributed by atoms with E-state index in [4.69, 9.17) is 26.8 Å². The van der Waals surface area contributed by atoms with E-state index in [0.717, 1.165) is 0 Å². The van der Waals surface area contributed by atoms with Crippen LogP contribution in [0.2, 0.25) is 5.02 Å². The third-order valence-corrected chi connectivity index (χ3v) is 5.60. The SMILES string of the molecule is CCC(N)(CC)CNS(=O)(=O)c1cc(Cl)ccc1OC(C)COC.Cl. The summed E-state index contributed by atoms with van der Waals surface area (Å²) in [6.45, 7) is 6.13. The van der Waals surface area contributed by atoms with E-state index in [1.165, 1.54) is 6.07 Å². The van der Waals surface area contributed by atoms with Crippen molar-refractivity contribution >= 4 is 34.0 Å². The minimum atomic E-state index is -3.81. The molecule has 1 rings (SSSR count). The molecule has 9 heteroatoms. The van der Waals surface area contributed by atoms with Gasteiger partial charge < -0.3 is 15.2 Å². The molecule has 0 aliphatic carbocycles. The fourth-order valence-electron chi connectivity index (χ4n) is 2.09. The van der Waals surface area contributed by atoms with Gasteiger partial charge in [0.15, 0.2) is 0 Å². The molecule has 3 N–H and O–H groups in total. The van der Waals surface area contributed by atoms with Crippen LogP contribution in [-0.4, -0.2) is 40.3 Å². The van der Waals surface area contributed by atoms with Crippen LogP contribution in [0.5, 0.6) is 5.75 Å². The van der Waals surface area contributed by atoms with Crippen molar-refractivity contribution in [3.8, 4) is 5.75 Å². The van der Waals surface area contributed by atoms with Crippen molar-refractivity contribution < 1.29 is 17.9 Å². The van der Waals surface area contributed by atoms with Gasteiger partial charge in [0.2, 0.25) is 10.0 Å². The Morgan fingerprint density at radius 2 is 1.92 bits per heavy atom. The number of methoxy groups -OCH3 is 1. The number of sulfonamides is 1. The molecule has 1 atom stereocenters. The molecule has 0 heterocycles. The number of benzene rings is 1. The zero-order valence-corrected chi connectivity index (χ0v) is 17.4. The molecule has 6 nitrogen and oxygen atoms in total. The summed E-state index contributed by atoms with van der Waals surface area (Å²) in [5.74, 6) is 0.229. The van der Waals surface area contributed by atoms with Crippen molar-refractivity contribution in [2.75, 3.05) is 20.3 Å². The second-order valence-corrected chi connectivity index (χ2v) is 8.04. The Morgan fingerprint density at radius 3 is 2.44 bits per heavy atom. The third kappa shape index (κ3) is 7.29. The van der Waals surface area contributed by atoms with E-state index in [0.29, 0.717) is 24.5 Å². The van der Waals surface area contributed by atoms with Crippen LogP contribution in [-0.2, 0) is 14.8 Å². The van der Waals surface area contributed by atoms with Gasteiger partial charge in [0, 0.05) is 24.2 Å². The maximum absolute atomic E-state index is 12.7. The van der Waals surface area contributed by atoms with Gasteiger partial charge in [0.05, 0.1) is 6.61 Å². The van der Waals surface area contributed by atoms with E-state index in [2.05, 4.69) is 4.72 Å². The Labute approximate surface area is 161 Å². The fourth-order valence-corrected chi connectivity index (χ4v) is 3.62. The zero-order chi connectivity index (χ0) is 18.4. The Morgan fingerprint density at radius 1 is 1.32 bits per heavy atom. The first-order chi connectivity index (χ1) is 11.2.